The molecule has 2 heterocycles. The minimum absolute atomic E-state index is 1.04. The van der Waals surface area contributed by atoms with Crippen molar-refractivity contribution in [1.82, 2.24) is 9.13 Å². The summed E-state index contributed by atoms with van der Waals surface area (Å²) in [6.45, 7) is 0. The summed E-state index contributed by atoms with van der Waals surface area (Å²) in [5.41, 5.74) is 13.3. The van der Waals surface area contributed by atoms with Crippen LogP contribution in [0.5, 0.6) is 0 Å². The molecule has 274 valence electrons. The fraction of sp³-hybridized carbons (Fsp3) is 0. The van der Waals surface area contributed by atoms with Crippen molar-refractivity contribution < 1.29 is 0 Å². The number of hydrogen-bond acceptors (Lipinski definition) is 2. The van der Waals surface area contributed by atoms with Crippen molar-refractivity contribution in [2.75, 3.05) is 9.80 Å². The van der Waals surface area contributed by atoms with Crippen LogP contribution in [0, 0.1) is 0 Å². The molecule has 0 bridgehead atoms. The molecule has 11 rings (SSSR count). The number of anilines is 6. The Morgan fingerprint density at radius 1 is 0.276 bits per heavy atom. The normalized spacial score (nSPS) is 11.4. The number of benzene rings is 9. The largest absolute Gasteiger partial charge is 0.310 e. The molecule has 0 spiro atoms. The molecule has 58 heavy (non-hydrogen) atoms. The predicted molar refractivity (Wildman–Crippen MR) is 244 cm³/mol. The zero-order valence-corrected chi connectivity index (χ0v) is 31.7. The summed E-state index contributed by atoms with van der Waals surface area (Å²) in [7, 11) is 0. The number of para-hydroxylation sites is 8. The number of hydrogen-bond donors (Lipinski definition) is 0. The fourth-order valence-corrected chi connectivity index (χ4v) is 8.83. The third-order valence-corrected chi connectivity index (χ3v) is 11.2. The minimum Gasteiger partial charge on any atom is -0.310 e. The Labute approximate surface area is 337 Å². The van der Waals surface area contributed by atoms with Gasteiger partial charge in [-0.3, -0.25) is 0 Å². The molecule has 0 atom stereocenters. The van der Waals surface area contributed by atoms with E-state index in [4.69, 9.17) is 0 Å². The molecule has 0 radical (unpaired) electrons. The van der Waals surface area contributed by atoms with E-state index in [2.05, 4.69) is 249 Å². The van der Waals surface area contributed by atoms with E-state index in [9.17, 15) is 0 Å². The van der Waals surface area contributed by atoms with Crippen LogP contribution in [0.25, 0.3) is 55.0 Å². The smallest absolute Gasteiger partial charge is 0.0782 e. The van der Waals surface area contributed by atoms with E-state index in [1.54, 1.807) is 0 Å². The van der Waals surface area contributed by atoms with Crippen LogP contribution in [-0.2, 0) is 0 Å². The van der Waals surface area contributed by atoms with Crippen molar-refractivity contribution in [2.24, 2.45) is 0 Å². The molecular formula is C54H38N4. The maximum absolute atomic E-state index is 2.45. The van der Waals surface area contributed by atoms with Gasteiger partial charge in [0.2, 0.25) is 0 Å². The zero-order valence-electron chi connectivity index (χ0n) is 31.7. The van der Waals surface area contributed by atoms with E-state index in [-0.39, 0.29) is 0 Å². The molecule has 4 heteroatoms. The van der Waals surface area contributed by atoms with E-state index in [0.717, 1.165) is 62.0 Å². The molecule has 0 unspecified atom stereocenters. The van der Waals surface area contributed by atoms with Crippen molar-refractivity contribution in [3.63, 3.8) is 0 Å². The lowest BCUT2D eigenvalue weighted by Gasteiger charge is -2.31. The van der Waals surface area contributed by atoms with Crippen molar-refractivity contribution in [3.05, 3.63) is 231 Å². The van der Waals surface area contributed by atoms with Crippen LogP contribution in [0.3, 0.4) is 0 Å². The van der Waals surface area contributed by atoms with Gasteiger partial charge in [-0.2, -0.15) is 0 Å². The minimum atomic E-state index is 1.04. The highest BCUT2D eigenvalue weighted by Gasteiger charge is 2.26. The number of aromatic nitrogens is 2. The van der Waals surface area contributed by atoms with Crippen LogP contribution < -0.4 is 9.80 Å². The quantitative estimate of drug-likeness (QED) is 0.154. The Morgan fingerprint density at radius 3 is 1.28 bits per heavy atom. The Bertz CT molecular complexity index is 3170. The zero-order chi connectivity index (χ0) is 38.4. The van der Waals surface area contributed by atoms with Gasteiger partial charge in [-0.05, 0) is 91.0 Å². The third-order valence-electron chi connectivity index (χ3n) is 11.2. The van der Waals surface area contributed by atoms with Gasteiger partial charge >= 0.3 is 0 Å². The van der Waals surface area contributed by atoms with Gasteiger partial charge in [0, 0.05) is 50.0 Å². The summed E-state index contributed by atoms with van der Waals surface area (Å²) in [5, 5.41) is 4.79. The van der Waals surface area contributed by atoms with Crippen molar-refractivity contribution in [2.45, 2.75) is 0 Å². The highest BCUT2D eigenvalue weighted by molar-refractivity contribution is 6.19. The fourth-order valence-electron chi connectivity index (χ4n) is 8.83. The SMILES string of the molecule is c1ccc(N(c2ccccc2)c2cc(N(c3ccccc3)c3cccc4c5ccccc5n(-c5ccccc5)c34)cc3c2c2ccccc2n3-c2ccccc2)cc1. The molecule has 0 fully saturated rings. The first-order chi connectivity index (χ1) is 28.8. The summed E-state index contributed by atoms with van der Waals surface area (Å²) >= 11 is 0. The number of fused-ring (bicyclic) bond motifs is 6. The van der Waals surface area contributed by atoms with Crippen LogP contribution in [0.2, 0.25) is 0 Å². The van der Waals surface area contributed by atoms with E-state index < -0.39 is 0 Å². The molecule has 9 aromatic carbocycles. The van der Waals surface area contributed by atoms with Gasteiger partial charge in [-0.15, -0.1) is 0 Å². The summed E-state index contributed by atoms with van der Waals surface area (Å²) < 4.78 is 4.85. The third kappa shape index (κ3) is 5.46. The topological polar surface area (TPSA) is 16.3 Å². The monoisotopic (exact) mass is 742 g/mol. The van der Waals surface area contributed by atoms with E-state index in [1.165, 1.54) is 27.1 Å². The molecule has 4 nitrogen and oxygen atoms in total. The second-order valence-corrected chi connectivity index (χ2v) is 14.6. The summed E-state index contributed by atoms with van der Waals surface area (Å²) in [5.74, 6) is 0. The van der Waals surface area contributed by atoms with Crippen molar-refractivity contribution >= 4 is 77.7 Å². The number of nitrogens with zero attached hydrogens (tertiary/aromatic N) is 4. The Kier molecular flexibility index (Phi) is 8.11. The molecular weight excluding hydrogens is 705 g/mol. The molecule has 0 N–H and O–H groups in total. The Hall–Kier alpha value is -7.82. The van der Waals surface area contributed by atoms with Gasteiger partial charge in [0.05, 0.1) is 39.1 Å². The molecule has 0 amide bonds. The molecule has 0 aliphatic rings. The lowest BCUT2D eigenvalue weighted by molar-refractivity contribution is 1.16. The van der Waals surface area contributed by atoms with Gasteiger partial charge in [0.25, 0.3) is 0 Å². The maximum Gasteiger partial charge on any atom is 0.0782 e. The standard InChI is InChI=1S/C54H38N4/c1-6-21-39(22-7-1)55(40-23-8-2-9-24-40)51-37-44(38-52-53(51)47-32-17-19-35-49(47)57(52)42-27-12-4-13-28-42)56(41-25-10-3-11-26-41)50-36-20-33-46-45-31-16-18-34-48(45)58(54(46)50)43-29-14-5-15-30-43/h1-38H. The van der Waals surface area contributed by atoms with Gasteiger partial charge in [-0.25, -0.2) is 0 Å². The van der Waals surface area contributed by atoms with Gasteiger partial charge in [-0.1, -0.05) is 140 Å². The molecule has 2 aromatic heterocycles. The summed E-state index contributed by atoms with van der Waals surface area (Å²) in [6.07, 6.45) is 0. The molecule has 0 aliphatic carbocycles. The van der Waals surface area contributed by atoms with Gasteiger partial charge in [0.15, 0.2) is 0 Å². The molecule has 0 saturated carbocycles. The average molecular weight is 743 g/mol. The lowest BCUT2D eigenvalue weighted by Crippen LogP contribution is -2.14. The van der Waals surface area contributed by atoms with Crippen LogP contribution >= 0.6 is 0 Å². The van der Waals surface area contributed by atoms with Gasteiger partial charge in [0.1, 0.15) is 0 Å². The first-order valence-corrected chi connectivity index (χ1v) is 19.8. The Balaban J connectivity index is 1.31. The average Bonchev–Trinajstić information content (AvgIpc) is 3.82. The lowest BCUT2D eigenvalue weighted by atomic mass is 10.0. The second kappa shape index (κ2) is 14.0. The maximum atomic E-state index is 2.45. The summed E-state index contributed by atoms with van der Waals surface area (Å²) in [6, 6.07) is 82.9. The Morgan fingerprint density at radius 2 is 0.707 bits per heavy atom. The van der Waals surface area contributed by atoms with Gasteiger partial charge < -0.3 is 18.9 Å². The first-order valence-electron chi connectivity index (χ1n) is 19.8. The summed E-state index contributed by atoms with van der Waals surface area (Å²) in [4.78, 5) is 4.86. The van der Waals surface area contributed by atoms with Crippen molar-refractivity contribution in [3.8, 4) is 11.4 Å². The van der Waals surface area contributed by atoms with E-state index in [1.807, 2.05) is 0 Å². The van der Waals surface area contributed by atoms with Crippen molar-refractivity contribution in [1.29, 1.82) is 0 Å². The van der Waals surface area contributed by atoms with E-state index in [0.29, 0.717) is 0 Å². The molecule has 0 saturated heterocycles. The van der Waals surface area contributed by atoms with Crippen LogP contribution in [0.4, 0.5) is 34.1 Å². The highest BCUT2D eigenvalue weighted by Crippen LogP contribution is 2.49. The van der Waals surface area contributed by atoms with Crippen LogP contribution in [0.1, 0.15) is 0 Å². The second-order valence-electron chi connectivity index (χ2n) is 14.6. The van der Waals surface area contributed by atoms with E-state index >= 15 is 0 Å². The molecule has 0 aliphatic heterocycles. The predicted octanol–water partition coefficient (Wildman–Crippen LogP) is 14.8. The number of rotatable bonds is 8. The van der Waals surface area contributed by atoms with Crippen LogP contribution in [0.15, 0.2) is 231 Å². The highest BCUT2D eigenvalue weighted by atomic mass is 15.2. The first kappa shape index (κ1) is 33.5. The molecule has 11 aromatic rings. The van der Waals surface area contributed by atoms with Crippen LogP contribution in [-0.4, -0.2) is 9.13 Å².